The van der Waals surface area contributed by atoms with Gasteiger partial charge in [0, 0.05) is 16.5 Å². The van der Waals surface area contributed by atoms with Crippen molar-refractivity contribution in [3.05, 3.63) is 39.9 Å². The van der Waals surface area contributed by atoms with Gasteiger partial charge in [-0.1, -0.05) is 0 Å². The van der Waals surface area contributed by atoms with Crippen molar-refractivity contribution in [2.45, 2.75) is 20.8 Å². The van der Waals surface area contributed by atoms with Gasteiger partial charge >= 0.3 is 0 Å². The number of rotatable bonds is 5. The molecule has 0 fully saturated rings. The van der Waals surface area contributed by atoms with Crippen LogP contribution in [0.3, 0.4) is 0 Å². The Labute approximate surface area is 125 Å². The molecule has 0 saturated heterocycles. The molecular formula is C14H15F2N3OS. The number of benzene rings is 1. The van der Waals surface area contributed by atoms with Gasteiger partial charge in [0.1, 0.15) is 5.75 Å². The van der Waals surface area contributed by atoms with Crippen molar-refractivity contribution in [1.29, 1.82) is 0 Å². The highest BCUT2D eigenvalue weighted by molar-refractivity contribution is 7.13. The molecule has 1 aromatic heterocycles. The molecule has 0 bridgehead atoms. The maximum Gasteiger partial charge on any atom is 0.203 e. The molecule has 0 aliphatic rings. The lowest BCUT2D eigenvalue weighted by Gasteiger charge is -2.10. The summed E-state index contributed by atoms with van der Waals surface area (Å²) in [5.74, 6) is -1.56. The summed E-state index contributed by atoms with van der Waals surface area (Å²) in [4.78, 5) is 4.14. The first-order valence-electron chi connectivity index (χ1n) is 6.35. The molecule has 2 rings (SSSR count). The fraction of sp³-hybridized carbons (Fsp3) is 0.286. The van der Waals surface area contributed by atoms with Crippen LogP contribution >= 0.6 is 11.3 Å². The van der Waals surface area contributed by atoms with Crippen molar-refractivity contribution in [1.82, 2.24) is 4.98 Å². The second kappa shape index (κ2) is 6.62. The maximum absolute atomic E-state index is 13.9. The molecule has 1 aromatic carbocycles. The molecule has 0 unspecified atom stereocenters. The predicted molar refractivity (Wildman–Crippen MR) is 80.3 cm³/mol. The second-order valence-corrected chi connectivity index (χ2v) is 5.17. The molecule has 0 saturated carbocycles. The van der Waals surface area contributed by atoms with E-state index in [-0.39, 0.29) is 11.1 Å². The van der Waals surface area contributed by atoms with Gasteiger partial charge in [-0.3, -0.25) is 5.43 Å². The summed E-state index contributed by atoms with van der Waals surface area (Å²) in [5, 5.41) is 6.31. The smallest absolute Gasteiger partial charge is 0.203 e. The molecule has 0 spiro atoms. The van der Waals surface area contributed by atoms with Crippen LogP contribution in [-0.2, 0) is 0 Å². The molecule has 0 atom stereocenters. The van der Waals surface area contributed by atoms with E-state index in [0.29, 0.717) is 17.5 Å². The summed E-state index contributed by atoms with van der Waals surface area (Å²) < 4.78 is 32.9. The van der Waals surface area contributed by atoms with Crippen molar-refractivity contribution < 1.29 is 13.5 Å². The quantitative estimate of drug-likeness (QED) is 0.673. The van der Waals surface area contributed by atoms with Gasteiger partial charge in [-0.05, 0) is 26.8 Å². The molecule has 1 N–H and O–H groups in total. The van der Waals surface area contributed by atoms with Gasteiger partial charge < -0.3 is 4.74 Å². The Morgan fingerprint density at radius 1 is 1.38 bits per heavy atom. The van der Waals surface area contributed by atoms with Crippen molar-refractivity contribution >= 4 is 22.7 Å². The molecule has 0 aliphatic heterocycles. The monoisotopic (exact) mass is 311 g/mol. The number of ether oxygens (including phenoxy) is 1. The van der Waals surface area contributed by atoms with Crippen LogP contribution in [0, 0.1) is 25.5 Å². The Hall–Kier alpha value is -2.02. The Morgan fingerprint density at radius 2 is 2.14 bits per heavy atom. The van der Waals surface area contributed by atoms with E-state index in [1.54, 1.807) is 6.92 Å². The minimum atomic E-state index is -0.947. The van der Waals surface area contributed by atoms with Crippen molar-refractivity contribution in [3.63, 3.8) is 0 Å². The molecule has 0 amide bonds. The lowest BCUT2D eigenvalue weighted by atomic mass is 10.1. The largest absolute Gasteiger partial charge is 0.493 e. The molecular weight excluding hydrogens is 296 g/mol. The number of hydrogen-bond donors (Lipinski definition) is 1. The van der Waals surface area contributed by atoms with E-state index in [1.165, 1.54) is 30.5 Å². The van der Waals surface area contributed by atoms with Gasteiger partial charge in [0.05, 0.1) is 18.5 Å². The van der Waals surface area contributed by atoms with Crippen LogP contribution < -0.4 is 10.2 Å². The minimum absolute atomic E-state index is 0.0160. The average molecular weight is 311 g/mol. The minimum Gasteiger partial charge on any atom is -0.493 e. The first-order valence-corrected chi connectivity index (χ1v) is 7.23. The number of aromatic nitrogens is 1. The number of hydrogen-bond acceptors (Lipinski definition) is 5. The average Bonchev–Trinajstić information content (AvgIpc) is 2.87. The highest BCUT2D eigenvalue weighted by atomic mass is 32.1. The lowest BCUT2D eigenvalue weighted by Crippen LogP contribution is -2.03. The summed E-state index contributed by atoms with van der Waals surface area (Å²) in [6.45, 7) is 5.48. The van der Waals surface area contributed by atoms with E-state index in [1.807, 2.05) is 12.3 Å². The Balaban J connectivity index is 2.22. The fourth-order valence-electron chi connectivity index (χ4n) is 1.67. The number of nitrogens with one attached hydrogen (secondary N) is 1. The summed E-state index contributed by atoms with van der Waals surface area (Å²) in [6.07, 6.45) is 1.21. The SMILES string of the molecule is CCOc1cc(C=NNc2nc(C)cs2)c(F)c(F)c1C. The zero-order valence-corrected chi connectivity index (χ0v) is 12.7. The fourth-order valence-corrected chi connectivity index (χ4v) is 2.31. The zero-order chi connectivity index (χ0) is 15.4. The summed E-state index contributed by atoms with van der Waals surface area (Å²) in [6, 6.07) is 1.43. The number of nitrogens with zero attached hydrogens (tertiary/aromatic N) is 2. The van der Waals surface area contributed by atoms with Crippen LogP contribution in [0.2, 0.25) is 0 Å². The van der Waals surface area contributed by atoms with E-state index in [9.17, 15) is 8.78 Å². The van der Waals surface area contributed by atoms with Crippen LogP contribution in [0.4, 0.5) is 13.9 Å². The van der Waals surface area contributed by atoms with E-state index < -0.39 is 11.6 Å². The highest BCUT2D eigenvalue weighted by Crippen LogP contribution is 2.25. The van der Waals surface area contributed by atoms with Crippen molar-refractivity contribution in [3.8, 4) is 5.75 Å². The Kier molecular flexibility index (Phi) is 4.85. The third kappa shape index (κ3) is 3.55. The molecule has 4 nitrogen and oxygen atoms in total. The highest BCUT2D eigenvalue weighted by Gasteiger charge is 2.15. The first kappa shape index (κ1) is 15.4. The van der Waals surface area contributed by atoms with Gasteiger partial charge in [-0.2, -0.15) is 5.10 Å². The first-order chi connectivity index (χ1) is 10.0. The zero-order valence-electron chi connectivity index (χ0n) is 11.9. The molecule has 21 heavy (non-hydrogen) atoms. The Morgan fingerprint density at radius 3 is 2.76 bits per heavy atom. The van der Waals surface area contributed by atoms with Crippen LogP contribution in [0.5, 0.6) is 5.75 Å². The molecule has 1 heterocycles. The van der Waals surface area contributed by atoms with Crippen molar-refractivity contribution in [2.75, 3.05) is 12.0 Å². The van der Waals surface area contributed by atoms with Crippen LogP contribution in [0.1, 0.15) is 23.7 Å². The molecule has 0 radical (unpaired) electrons. The number of thiazole rings is 1. The van der Waals surface area contributed by atoms with Gasteiger partial charge in [-0.25, -0.2) is 13.8 Å². The molecule has 112 valence electrons. The maximum atomic E-state index is 13.9. The predicted octanol–water partition coefficient (Wildman–Crippen LogP) is 3.88. The number of anilines is 1. The van der Waals surface area contributed by atoms with E-state index in [4.69, 9.17) is 4.74 Å². The molecule has 2 aromatic rings. The number of aryl methyl sites for hydroxylation is 1. The van der Waals surface area contributed by atoms with Gasteiger partial charge in [0.15, 0.2) is 11.6 Å². The van der Waals surface area contributed by atoms with E-state index >= 15 is 0 Å². The number of halogens is 2. The number of hydrazone groups is 1. The van der Waals surface area contributed by atoms with Gasteiger partial charge in [0.25, 0.3) is 0 Å². The third-order valence-electron chi connectivity index (χ3n) is 2.71. The van der Waals surface area contributed by atoms with Crippen LogP contribution in [0.15, 0.2) is 16.5 Å². The Bertz CT molecular complexity index is 670. The summed E-state index contributed by atoms with van der Waals surface area (Å²) in [5.41, 5.74) is 3.70. The third-order valence-corrected chi connectivity index (χ3v) is 3.58. The summed E-state index contributed by atoms with van der Waals surface area (Å²) >= 11 is 1.38. The summed E-state index contributed by atoms with van der Waals surface area (Å²) in [7, 11) is 0. The molecule has 0 aliphatic carbocycles. The van der Waals surface area contributed by atoms with Crippen LogP contribution in [-0.4, -0.2) is 17.8 Å². The van der Waals surface area contributed by atoms with E-state index in [0.717, 1.165) is 5.69 Å². The second-order valence-electron chi connectivity index (χ2n) is 4.31. The molecule has 7 heteroatoms. The van der Waals surface area contributed by atoms with Crippen molar-refractivity contribution in [2.24, 2.45) is 5.10 Å². The van der Waals surface area contributed by atoms with E-state index in [2.05, 4.69) is 15.5 Å². The van der Waals surface area contributed by atoms with Gasteiger partial charge in [0.2, 0.25) is 5.13 Å². The standard InChI is InChI=1S/C14H15F2N3OS/c1-4-20-11-5-10(13(16)12(15)9(11)3)6-17-19-14-18-8(2)7-21-14/h5-7H,4H2,1-3H3,(H,18,19). The topological polar surface area (TPSA) is 46.5 Å². The van der Waals surface area contributed by atoms with Gasteiger partial charge in [-0.15, -0.1) is 11.3 Å². The lowest BCUT2D eigenvalue weighted by molar-refractivity contribution is 0.333. The normalized spacial score (nSPS) is 11.1. The van der Waals surface area contributed by atoms with Crippen LogP contribution in [0.25, 0.3) is 0 Å².